The number of aromatic nitrogens is 1. The molecule has 2 aromatic carbocycles. The Morgan fingerprint density at radius 2 is 1.81 bits per heavy atom. The van der Waals surface area contributed by atoms with Crippen molar-refractivity contribution in [1.29, 1.82) is 0 Å². The minimum atomic E-state index is -2.93. The standard InChI is InChI=1S/C20H17AsBr2N2O6S/c1-32(29,30)21-10-12-3-2-11-6-14(4-5-17(11)24-12)31-20-15(22)7-13(8-16(20)23)25-18(26)9-19(27)28/h2-8,21H,9-10H2,1H3,(H,25,26)(H,27,28). The fourth-order valence-corrected chi connectivity index (χ4v) is 7.46. The molecule has 0 bridgehead atoms. The van der Waals surface area contributed by atoms with E-state index in [4.69, 9.17) is 9.84 Å². The molecule has 1 unspecified atom stereocenters. The van der Waals surface area contributed by atoms with E-state index in [1.807, 2.05) is 18.2 Å². The second kappa shape index (κ2) is 10.3. The van der Waals surface area contributed by atoms with Crippen LogP contribution in [0.2, 0.25) is 0 Å². The fourth-order valence-electron chi connectivity index (χ4n) is 2.70. The van der Waals surface area contributed by atoms with Crippen molar-refractivity contribution in [2.75, 3.05) is 11.6 Å². The van der Waals surface area contributed by atoms with Gasteiger partial charge in [0, 0.05) is 0 Å². The van der Waals surface area contributed by atoms with E-state index in [1.54, 1.807) is 24.3 Å². The zero-order valence-corrected chi connectivity index (χ0v) is 22.6. The third-order valence-corrected chi connectivity index (χ3v) is 10.9. The van der Waals surface area contributed by atoms with Crippen LogP contribution in [0.25, 0.3) is 10.9 Å². The number of pyridine rings is 1. The number of aliphatic carboxylic acids is 1. The first kappa shape index (κ1) is 24.7. The molecule has 0 spiro atoms. The van der Waals surface area contributed by atoms with Crippen molar-refractivity contribution in [3.63, 3.8) is 0 Å². The van der Waals surface area contributed by atoms with E-state index in [1.165, 1.54) is 6.26 Å². The van der Waals surface area contributed by atoms with Crippen LogP contribution in [0.3, 0.4) is 0 Å². The number of amides is 1. The summed E-state index contributed by atoms with van der Waals surface area (Å²) in [6, 6.07) is 12.3. The van der Waals surface area contributed by atoms with Gasteiger partial charge in [-0.3, -0.25) is 9.59 Å². The zero-order valence-electron chi connectivity index (χ0n) is 16.6. The summed E-state index contributed by atoms with van der Waals surface area (Å²) < 4.78 is 29.9. The molecule has 0 radical (unpaired) electrons. The topological polar surface area (TPSA) is 123 Å². The number of nitrogens with one attached hydrogen (secondary N) is 1. The Balaban J connectivity index is 1.78. The minimum absolute atomic E-state index is 0.412. The van der Waals surface area contributed by atoms with Crippen LogP contribution in [-0.4, -0.2) is 51.2 Å². The first-order valence-electron chi connectivity index (χ1n) is 9.03. The molecule has 1 atom stereocenters. The molecule has 3 rings (SSSR count). The molecule has 1 amide bonds. The summed E-state index contributed by atoms with van der Waals surface area (Å²) in [7, 11) is -2.93. The van der Waals surface area contributed by atoms with Crippen molar-refractivity contribution >= 4 is 83.0 Å². The summed E-state index contributed by atoms with van der Waals surface area (Å²) in [6.45, 7) is 0. The molecule has 8 nitrogen and oxygen atoms in total. The summed E-state index contributed by atoms with van der Waals surface area (Å²) in [5.41, 5.74) is 1.90. The van der Waals surface area contributed by atoms with Crippen LogP contribution in [0.15, 0.2) is 51.4 Å². The number of halogens is 2. The Labute approximate surface area is 206 Å². The van der Waals surface area contributed by atoms with Crippen molar-refractivity contribution in [2.24, 2.45) is 0 Å². The Kier molecular flexibility index (Phi) is 7.97. The van der Waals surface area contributed by atoms with Crippen LogP contribution in [0.4, 0.5) is 5.69 Å². The summed E-state index contributed by atoms with van der Waals surface area (Å²) in [4.78, 5) is 26.9. The monoisotopic (exact) mass is 646 g/mol. The Morgan fingerprint density at radius 1 is 1.12 bits per heavy atom. The molecular weight excluding hydrogens is 631 g/mol. The number of benzene rings is 2. The van der Waals surface area contributed by atoms with E-state index in [2.05, 4.69) is 42.2 Å². The van der Waals surface area contributed by atoms with Gasteiger partial charge in [0.05, 0.1) is 0 Å². The molecule has 12 heteroatoms. The molecule has 0 aliphatic heterocycles. The average molecular weight is 648 g/mol. The first-order valence-corrected chi connectivity index (χ1v) is 16.6. The second-order valence-corrected chi connectivity index (χ2v) is 17.5. The number of carboxylic acids is 1. The van der Waals surface area contributed by atoms with Gasteiger partial charge in [-0.2, -0.15) is 0 Å². The van der Waals surface area contributed by atoms with Gasteiger partial charge < -0.3 is 10.4 Å². The number of anilines is 1. The molecule has 2 N–H and O–H groups in total. The van der Waals surface area contributed by atoms with Gasteiger partial charge in [0.15, 0.2) is 0 Å². The van der Waals surface area contributed by atoms with E-state index in [0.717, 1.165) is 16.6 Å². The molecule has 1 aromatic heterocycles. The van der Waals surface area contributed by atoms with Crippen LogP contribution in [0, 0.1) is 0 Å². The van der Waals surface area contributed by atoms with Crippen LogP contribution in [0.1, 0.15) is 12.1 Å². The summed E-state index contributed by atoms with van der Waals surface area (Å²) in [5, 5.41) is 12.5. The number of carboxylic acid groups (broad SMARTS) is 1. The normalized spacial score (nSPS) is 11.7. The van der Waals surface area contributed by atoms with Crippen molar-refractivity contribution in [2.45, 2.75) is 11.6 Å². The quantitative estimate of drug-likeness (QED) is 0.281. The number of rotatable bonds is 8. The van der Waals surface area contributed by atoms with E-state index in [-0.39, 0.29) is 0 Å². The average Bonchev–Trinajstić information content (AvgIpc) is 2.67. The number of fused-ring (bicyclic) bond motifs is 1. The second-order valence-electron chi connectivity index (χ2n) is 6.74. The molecule has 168 valence electrons. The molecule has 0 saturated carbocycles. The van der Waals surface area contributed by atoms with Crippen LogP contribution < -0.4 is 10.1 Å². The van der Waals surface area contributed by atoms with Crippen LogP contribution in [-0.2, 0) is 22.9 Å². The van der Waals surface area contributed by atoms with Crippen molar-refractivity contribution in [3.8, 4) is 11.5 Å². The molecule has 3 aromatic rings. The maximum absolute atomic E-state index is 11.7. The van der Waals surface area contributed by atoms with Gasteiger partial charge in [0.2, 0.25) is 5.91 Å². The Morgan fingerprint density at radius 3 is 2.44 bits per heavy atom. The summed E-state index contributed by atoms with van der Waals surface area (Å²) >= 11 is 5.68. The summed E-state index contributed by atoms with van der Waals surface area (Å²) in [6.07, 6.45) is 0.626. The summed E-state index contributed by atoms with van der Waals surface area (Å²) in [5.74, 6) is -0.814. The van der Waals surface area contributed by atoms with E-state index >= 15 is 0 Å². The first-order chi connectivity index (χ1) is 15.0. The third kappa shape index (κ3) is 7.03. The van der Waals surface area contributed by atoms with E-state index in [0.29, 0.717) is 31.3 Å². The van der Waals surface area contributed by atoms with Gasteiger partial charge in [-0.25, -0.2) is 0 Å². The van der Waals surface area contributed by atoms with Gasteiger partial charge in [0.1, 0.15) is 6.42 Å². The SMILES string of the molecule is CS(=O)(=O)[AsH]Cc1ccc2cc(Oc3c(Br)cc(NC(=O)CC(=O)O)cc3Br)ccc2n1. The molecule has 0 aliphatic carbocycles. The molecule has 32 heavy (non-hydrogen) atoms. The van der Waals surface area contributed by atoms with Crippen molar-refractivity contribution in [3.05, 3.63) is 57.1 Å². The predicted octanol–water partition coefficient (Wildman–Crippen LogP) is 3.86. The number of hydrogen-bond donors (Lipinski definition) is 2. The molecule has 0 saturated heterocycles. The van der Waals surface area contributed by atoms with E-state index in [9.17, 15) is 18.0 Å². The fraction of sp³-hybridized carbons (Fsp3) is 0.150. The molecule has 0 aliphatic rings. The van der Waals surface area contributed by atoms with Gasteiger partial charge in [0.25, 0.3) is 0 Å². The number of carbonyl (C=O) groups excluding carboxylic acids is 1. The molecular formula is C20H17AsBr2N2O6S. The Hall–Kier alpha value is -1.94. The Bertz CT molecular complexity index is 1290. The zero-order chi connectivity index (χ0) is 23.5. The molecule has 0 fully saturated rings. The molecule has 1 heterocycles. The van der Waals surface area contributed by atoms with Gasteiger partial charge in [-0.1, -0.05) is 0 Å². The van der Waals surface area contributed by atoms with Crippen molar-refractivity contribution < 1.29 is 27.9 Å². The number of carbonyl (C=O) groups is 2. The third-order valence-electron chi connectivity index (χ3n) is 4.05. The predicted molar refractivity (Wildman–Crippen MR) is 130 cm³/mol. The maximum atomic E-state index is 11.7. The number of nitrogens with zero attached hydrogens (tertiary/aromatic N) is 1. The van der Waals surface area contributed by atoms with Crippen LogP contribution in [0.5, 0.6) is 11.5 Å². The number of hydrogen-bond acceptors (Lipinski definition) is 6. The number of ether oxygens (including phenoxy) is 1. The van der Waals surface area contributed by atoms with Crippen molar-refractivity contribution in [1.82, 2.24) is 4.98 Å². The van der Waals surface area contributed by atoms with Gasteiger partial charge in [-0.15, -0.1) is 0 Å². The van der Waals surface area contributed by atoms with E-state index < -0.39 is 41.0 Å². The van der Waals surface area contributed by atoms with Crippen LogP contribution >= 0.6 is 31.9 Å². The van der Waals surface area contributed by atoms with Gasteiger partial charge >= 0.3 is 175 Å². The van der Waals surface area contributed by atoms with Gasteiger partial charge in [-0.05, 0) is 0 Å².